The third-order valence-electron chi connectivity index (χ3n) is 3.48. The van der Waals surface area contributed by atoms with Crippen molar-refractivity contribution in [3.05, 3.63) is 18.2 Å². The van der Waals surface area contributed by atoms with E-state index >= 15 is 0 Å². The van der Waals surface area contributed by atoms with Crippen molar-refractivity contribution >= 4 is 0 Å². The predicted octanol–water partition coefficient (Wildman–Crippen LogP) is 2.52. The van der Waals surface area contributed by atoms with E-state index < -0.39 is 0 Å². The van der Waals surface area contributed by atoms with Crippen molar-refractivity contribution in [1.82, 2.24) is 9.55 Å². The van der Waals surface area contributed by atoms with Crippen molar-refractivity contribution in [2.45, 2.75) is 51.7 Å². The highest BCUT2D eigenvalue weighted by Crippen LogP contribution is 2.34. The molecule has 1 aliphatic carbocycles. The Kier molecular flexibility index (Phi) is 3.41. The Morgan fingerprint density at radius 1 is 1.47 bits per heavy atom. The Bertz CT molecular complexity index is 302. The van der Waals surface area contributed by atoms with E-state index in [1.54, 1.807) is 6.33 Å². The first kappa shape index (κ1) is 10.7. The molecule has 0 aliphatic heterocycles. The molecule has 0 saturated heterocycles. The molecular formula is C12H20N2O. The maximum absolute atomic E-state index is 10.3. The van der Waals surface area contributed by atoms with Crippen LogP contribution in [0.1, 0.15) is 50.8 Å². The molecule has 3 nitrogen and oxygen atoms in total. The second-order valence-corrected chi connectivity index (χ2v) is 4.45. The van der Waals surface area contributed by atoms with Gasteiger partial charge in [-0.3, -0.25) is 0 Å². The van der Waals surface area contributed by atoms with Gasteiger partial charge in [0.2, 0.25) is 0 Å². The van der Waals surface area contributed by atoms with Crippen LogP contribution >= 0.6 is 0 Å². The zero-order valence-electron chi connectivity index (χ0n) is 9.39. The first-order valence-corrected chi connectivity index (χ1v) is 6.01. The number of hydrogen-bond donors (Lipinski definition) is 1. The topological polar surface area (TPSA) is 38.0 Å². The molecule has 0 spiro atoms. The smallest absolute Gasteiger partial charge is 0.0983 e. The summed E-state index contributed by atoms with van der Waals surface area (Å²) in [6, 6.07) is 0. The van der Waals surface area contributed by atoms with Gasteiger partial charge in [-0.05, 0) is 25.7 Å². The largest absolute Gasteiger partial charge is 0.387 e. The third-order valence-corrected chi connectivity index (χ3v) is 3.48. The molecule has 1 N–H and O–H groups in total. The average Bonchev–Trinajstić information content (AvgIpc) is 2.77. The maximum Gasteiger partial charge on any atom is 0.0983 e. The fourth-order valence-electron chi connectivity index (χ4n) is 2.53. The molecule has 0 amide bonds. The highest BCUT2D eigenvalue weighted by Gasteiger charge is 2.25. The van der Waals surface area contributed by atoms with E-state index in [-0.39, 0.29) is 6.10 Å². The van der Waals surface area contributed by atoms with Crippen molar-refractivity contribution in [2.24, 2.45) is 5.92 Å². The van der Waals surface area contributed by atoms with Crippen LogP contribution in [-0.2, 0) is 6.54 Å². The van der Waals surface area contributed by atoms with Crippen molar-refractivity contribution in [1.29, 1.82) is 0 Å². The first-order valence-electron chi connectivity index (χ1n) is 6.01. The molecule has 1 unspecified atom stereocenters. The number of nitrogens with zero attached hydrogens (tertiary/aromatic N) is 2. The van der Waals surface area contributed by atoms with Crippen LogP contribution in [0.25, 0.3) is 0 Å². The van der Waals surface area contributed by atoms with E-state index in [9.17, 15) is 5.11 Å². The van der Waals surface area contributed by atoms with E-state index in [0.29, 0.717) is 5.92 Å². The summed E-state index contributed by atoms with van der Waals surface area (Å²) in [7, 11) is 0. The molecule has 0 aromatic carbocycles. The van der Waals surface area contributed by atoms with E-state index in [4.69, 9.17) is 0 Å². The number of aromatic nitrogens is 2. The van der Waals surface area contributed by atoms with Gasteiger partial charge >= 0.3 is 0 Å². The van der Waals surface area contributed by atoms with Gasteiger partial charge < -0.3 is 9.67 Å². The highest BCUT2D eigenvalue weighted by molar-refractivity contribution is 5.04. The Labute approximate surface area is 91.1 Å². The monoisotopic (exact) mass is 208 g/mol. The number of aliphatic hydroxyl groups excluding tert-OH is 1. The minimum absolute atomic E-state index is 0.312. The van der Waals surface area contributed by atoms with Crippen LogP contribution in [-0.4, -0.2) is 14.7 Å². The van der Waals surface area contributed by atoms with E-state index in [0.717, 1.165) is 25.1 Å². The Morgan fingerprint density at radius 2 is 2.20 bits per heavy atom. The fourth-order valence-corrected chi connectivity index (χ4v) is 2.53. The zero-order chi connectivity index (χ0) is 10.7. The minimum atomic E-state index is -0.312. The Hall–Kier alpha value is -0.830. The maximum atomic E-state index is 10.3. The summed E-state index contributed by atoms with van der Waals surface area (Å²) >= 11 is 0. The molecule has 0 radical (unpaired) electrons. The SMILES string of the molecule is CCn1cncc1C(O)C1CCCCC1. The lowest BCUT2D eigenvalue weighted by atomic mass is 9.84. The van der Waals surface area contributed by atoms with Crippen LogP contribution in [0.3, 0.4) is 0 Å². The first-order chi connectivity index (χ1) is 7.33. The molecule has 1 saturated carbocycles. The number of rotatable bonds is 3. The second-order valence-electron chi connectivity index (χ2n) is 4.45. The summed E-state index contributed by atoms with van der Waals surface area (Å²) in [5, 5.41) is 10.3. The van der Waals surface area contributed by atoms with Crippen LogP contribution in [0.15, 0.2) is 12.5 Å². The summed E-state index contributed by atoms with van der Waals surface area (Å²) in [5.74, 6) is 0.445. The van der Waals surface area contributed by atoms with Gasteiger partial charge in [-0.2, -0.15) is 0 Å². The average molecular weight is 208 g/mol. The lowest BCUT2D eigenvalue weighted by Crippen LogP contribution is -2.18. The molecule has 3 heteroatoms. The second kappa shape index (κ2) is 4.79. The molecule has 84 valence electrons. The standard InChI is InChI=1S/C12H20N2O/c1-2-14-9-13-8-11(14)12(15)10-6-4-3-5-7-10/h8-10,12,15H,2-7H2,1H3. The van der Waals surface area contributed by atoms with Gasteiger partial charge in [-0.15, -0.1) is 0 Å². The lowest BCUT2D eigenvalue weighted by Gasteiger charge is -2.26. The van der Waals surface area contributed by atoms with Crippen LogP contribution in [0.2, 0.25) is 0 Å². The predicted molar refractivity (Wildman–Crippen MR) is 59.4 cm³/mol. The summed E-state index contributed by atoms with van der Waals surface area (Å²) in [6.45, 7) is 2.97. The molecular weight excluding hydrogens is 188 g/mol. The van der Waals surface area contributed by atoms with Crippen LogP contribution < -0.4 is 0 Å². The molecule has 2 rings (SSSR count). The van der Waals surface area contributed by atoms with Crippen molar-refractivity contribution in [3.63, 3.8) is 0 Å². The molecule has 0 bridgehead atoms. The van der Waals surface area contributed by atoms with E-state index in [1.807, 2.05) is 10.8 Å². The minimum Gasteiger partial charge on any atom is -0.387 e. The number of aliphatic hydroxyl groups is 1. The molecule has 1 atom stereocenters. The normalized spacial score (nSPS) is 20.4. The lowest BCUT2D eigenvalue weighted by molar-refractivity contribution is 0.0780. The van der Waals surface area contributed by atoms with Gasteiger partial charge in [0.15, 0.2) is 0 Å². The van der Waals surface area contributed by atoms with Crippen molar-refractivity contribution in [2.75, 3.05) is 0 Å². The summed E-state index contributed by atoms with van der Waals surface area (Å²) in [5.41, 5.74) is 0.990. The van der Waals surface area contributed by atoms with Crippen molar-refractivity contribution < 1.29 is 5.11 Å². The summed E-state index contributed by atoms with van der Waals surface area (Å²) < 4.78 is 2.04. The highest BCUT2D eigenvalue weighted by atomic mass is 16.3. The Morgan fingerprint density at radius 3 is 2.87 bits per heavy atom. The van der Waals surface area contributed by atoms with Gasteiger partial charge in [-0.1, -0.05) is 19.3 Å². The molecule has 1 heterocycles. The fraction of sp³-hybridized carbons (Fsp3) is 0.750. The summed E-state index contributed by atoms with van der Waals surface area (Å²) in [6.07, 6.45) is 9.49. The Balaban J connectivity index is 2.08. The van der Waals surface area contributed by atoms with Crippen LogP contribution in [0.4, 0.5) is 0 Å². The quantitative estimate of drug-likeness (QED) is 0.828. The van der Waals surface area contributed by atoms with Crippen LogP contribution in [0.5, 0.6) is 0 Å². The van der Waals surface area contributed by atoms with Gasteiger partial charge in [-0.25, -0.2) is 4.98 Å². The summed E-state index contributed by atoms with van der Waals surface area (Å²) in [4.78, 5) is 4.11. The van der Waals surface area contributed by atoms with Gasteiger partial charge in [0, 0.05) is 6.54 Å². The molecule has 1 aliphatic rings. The van der Waals surface area contributed by atoms with E-state index in [1.165, 1.54) is 19.3 Å². The van der Waals surface area contributed by atoms with Crippen molar-refractivity contribution in [3.8, 4) is 0 Å². The third kappa shape index (κ3) is 2.23. The molecule has 15 heavy (non-hydrogen) atoms. The number of hydrogen-bond acceptors (Lipinski definition) is 2. The molecule has 1 aromatic rings. The number of imidazole rings is 1. The zero-order valence-corrected chi connectivity index (χ0v) is 9.39. The van der Waals surface area contributed by atoms with E-state index in [2.05, 4.69) is 11.9 Å². The number of aryl methyl sites for hydroxylation is 1. The van der Waals surface area contributed by atoms with Gasteiger partial charge in [0.05, 0.1) is 24.3 Å². The molecule has 1 fully saturated rings. The molecule has 1 aromatic heterocycles. The van der Waals surface area contributed by atoms with Crippen LogP contribution in [0, 0.1) is 5.92 Å². The van der Waals surface area contributed by atoms with Gasteiger partial charge in [0.25, 0.3) is 0 Å². The van der Waals surface area contributed by atoms with Gasteiger partial charge in [0.1, 0.15) is 0 Å².